The predicted octanol–water partition coefficient (Wildman–Crippen LogP) is 14.3. The molecular formula is C57H40N4. The van der Waals surface area contributed by atoms with Crippen LogP contribution in [0.4, 0.5) is 5.69 Å². The molecule has 12 rings (SSSR count). The number of rotatable bonds is 7. The van der Waals surface area contributed by atoms with Crippen molar-refractivity contribution >= 4 is 55.1 Å². The van der Waals surface area contributed by atoms with Crippen LogP contribution in [0.1, 0.15) is 28.8 Å². The summed E-state index contributed by atoms with van der Waals surface area (Å²) in [5.41, 5.74) is 14.1. The van der Waals surface area contributed by atoms with Gasteiger partial charge >= 0.3 is 0 Å². The lowest BCUT2D eigenvalue weighted by Gasteiger charge is -2.31. The van der Waals surface area contributed by atoms with E-state index in [0.717, 1.165) is 22.8 Å². The lowest BCUT2D eigenvalue weighted by atomic mass is 9.93. The minimum Gasteiger partial charge on any atom is -0.316 e. The van der Waals surface area contributed by atoms with Gasteiger partial charge in [0.1, 0.15) is 11.9 Å². The van der Waals surface area contributed by atoms with Gasteiger partial charge in [-0.05, 0) is 107 Å². The quantitative estimate of drug-likeness (QED) is 0.158. The SMILES string of the molecule is c1ccc(C2N=C(c3ccc(-n4c5ccccc5c5cc(-c6ccc7c(c6)c6ccccc6n7-c6ccccc6)ccc54)cc3)N(c3ccccc3)C2c2ccccc2)cc1. The maximum atomic E-state index is 5.56. The van der Waals surface area contributed by atoms with Crippen molar-refractivity contribution in [2.45, 2.75) is 12.1 Å². The Morgan fingerprint density at radius 2 is 0.721 bits per heavy atom. The van der Waals surface area contributed by atoms with Crippen LogP contribution in [0, 0.1) is 0 Å². The molecule has 2 aromatic heterocycles. The highest BCUT2D eigenvalue weighted by Crippen LogP contribution is 2.46. The number of hydrogen-bond donors (Lipinski definition) is 0. The second-order valence-electron chi connectivity index (χ2n) is 15.9. The van der Waals surface area contributed by atoms with Crippen molar-refractivity contribution in [3.63, 3.8) is 0 Å². The fraction of sp³-hybridized carbons (Fsp3) is 0.0351. The normalized spacial score (nSPS) is 15.3. The van der Waals surface area contributed by atoms with E-state index in [-0.39, 0.29) is 12.1 Å². The summed E-state index contributed by atoms with van der Waals surface area (Å²) in [7, 11) is 0. The number of amidine groups is 1. The van der Waals surface area contributed by atoms with Crippen LogP contribution in [0.3, 0.4) is 0 Å². The second kappa shape index (κ2) is 14.4. The van der Waals surface area contributed by atoms with Gasteiger partial charge in [-0.2, -0.15) is 0 Å². The number of aliphatic imine (C=N–C) groups is 1. The third-order valence-electron chi connectivity index (χ3n) is 12.5. The van der Waals surface area contributed by atoms with Crippen molar-refractivity contribution in [2.24, 2.45) is 4.99 Å². The Morgan fingerprint density at radius 1 is 0.311 bits per heavy atom. The Balaban J connectivity index is 0.959. The Hall–Kier alpha value is -7.95. The molecule has 0 spiro atoms. The molecule has 2 unspecified atom stereocenters. The third kappa shape index (κ3) is 5.79. The van der Waals surface area contributed by atoms with Gasteiger partial charge in [-0.25, -0.2) is 0 Å². The van der Waals surface area contributed by atoms with Crippen LogP contribution < -0.4 is 4.90 Å². The van der Waals surface area contributed by atoms with Gasteiger partial charge in [0.05, 0.1) is 28.1 Å². The molecule has 1 aliphatic rings. The van der Waals surface area contributed by atoms with E-state index in [4.69, 9.17) is 4.99 Å². The van der Waals surface area contributed by atoms with Gasteiger partial charge in [0.25, 0.3) is 0 Å². The van der Waals surface area contributed by atoms with E-state index in [2.05, 4.69) is 245 Å². The fourth-order valence-corrected chi connectivity index (χ4v) is 9.71. The van der Waals surface area contributed by atoms with E-state index >= 15 is 0 Å². The van der Waals surface area contributed by atoms with Crippen molar-refractivity contribution in [2.75, 3.05) is 4.90 Å². The molecule has 0 fully saturated rings. The minimum atomic E-state index is -0.0757. The van der Waals surface area contributed by atoms with Crippen molar-refractivity contribution in [3.8, 4) is 22.5 Å². The highest BCUT2D eigenvalue weighted by atomic mass is 15.3. The molecule has 288 valence electrons. The van der Waals surface area contributed by atoms with E-state index in [1.54, 1.807) is 0 Å². The first-order valence-electron chi connectivity index (χ1n) is 21.0. The molecule has 0 saturated heterocycles. The first kappa shape index (κ1) is 35.0. The highest BCUT2D eigenvalue weighted by molar-refractivity contribution is 6.14. The lowest BCUT2D eigenvalue weighted by Crippen LogP contribution is -2.32. The summed E-state index contributed by atoms with van der Waals surface area (Å²) < 4.78 is 4.78. The molecular weight excluding hydrogens is 741 g/mol. The summed E-state index contributed by atoms with van der Waals surface area (Å²) in [6, 6.07) is 83.2. The largest absolute Gasteiger partial charge is 0.316 e. The van der Waals surface area contributed by atoms with Gasteiger partial charge < -0.3 is 14.0 Å². The van der Waals surface area contributed by atoms with Gasteiger partial charge in [-0.3, -0.25) is 4.99 Å². The number of aromatic nitrogens is 2. The average molecular weight is 781 g/mol. The molecule has 0 bridgehead atoms. The molecule has 0 N–H and O–H groups in total. The smallest absolute Gasteiger partial charge is 0.136 e. The van der Waals surface area contributed by atoms with Crippen LogP contribution >= 0.6 is 0 Å². The van der Waals surface area contributed by atoms with Gasteiger partial charge in [0.15, 0.2) is 0 Å². The van der Waals surface area contributed by atoms with Crippen LogP contribution in [0.25, 0.3) is 66.1 Å². The molecule has 11 aromatic rings. The average Bonchev–Trinajstić information content (AvgIpc) is 4.01. The van der Waals surface area contributed by atoms with Crippen molar-refractivity contribution < 1.29 is 0 Å². The van der Waals surface area contributed by atoms with E-state index in [1.165, 1.54) is 71.6 Å². The standard InChI is InChI=1S/C57H40N4/c1-5-17-39(18-6-1)55-56(40-19-7-2-8-20-40)61(45-23-11-4-12-24-45)57(58-55)41-29-33-46(34-30-41)60-52-28-16-14-26-48(52)50-38-43(32-36-54(50)60)42-31-35-53-49(37-42)47-25-13-15-27-51(47)59(53)44-21-9-3-10-22-44/h1-38,55-56H. The van der Waals surface area contributed by atoms with Crippen LogP contribution in [-0.2, 0) is 0 Å². The zero-order valence-electron chi connectivity index (χ0n) is 33.4. The fourth-order valence-electron chi connectivity index (χ4n) is 9.71. The Morgan fingerprint density at radius 3 is 1.26 bits per heavy atom. The van der Waals surface area contributed by atoms with Gasteiger partial charge in [0.2, 0.25) is 0 Å². The summed E-state index contributed by atoms with van der Waals surface area (Å²) in [5, 5.41) is 4.97. The summed E-state index contributed by atoms with van der Waals surface area (Å²) in [6.07, 6.45) is 0. The number of nitrogens with zero attached hydrogens (tertiary/aromatic N) is 4. The van der Waals surface area contributed by atoms with E-state index < -0.39 is 0 Å². The minimum absolute atomic E-state index is 0.00424. The van der Waals surface area contributed by atoms with Crippen LogP contribution in [0.2, 0.25) is 0 Å². The Kier molecular flexibility index (Phi) is 8.27. The number of fused-ring (bicyclic) bond motifs is 6. The summed E-state index contributed by atoms with van der Waals surface area (Å²) >= 11 is 0. The number of anilines is 1. The Bertz CT molecular complexity index is 3400. The third-order valence-corrected chi connectivity index (χ3v) is 12.5. The van der Waals surface area contributed by atoms with Crippen LogP contribution in [0.15, 0.2) is 236 Å². The monoisotopic (exact) mass is 780 g/mol. The molecule has 4 nitrogen and oxygen atoms in total. The van der Waals surface area contributed by atoms with Gasteiger partial charge in [-0.1, -0.05) is 146 Å². The highest BCUT2D eigenvalue weighted by Gasteiger charge is 2.39. The maximum Gasteiger partial charge on any atom is 0.136 e. The van der Waals surface area contributed by atoms with Crippen molar-refractivity contribution in [3.05, 3.63) is 247 Å². The van der Waals surface area contributed by atoms with Gasteiger partial charge in [-0.15, -0.1) is 0 Å². The molecule has 3 heterocycles. The number of benzene rings is 9. The molecule has 0 amide bonds. The first-order chi connectivity index (χ1) is 30.3. The lowest BCUT2D eigenvalue weighted by molar-refractivity contribution is 0.612. The van der Waals surface area contributed by atoms with E-state index in [1.807, 2.05) is 0 Å². The Labute approximate surface area is 354 Å². The van der Waals surface area contributed by atoms with Gasteiger partial charge in [0, 0.05) is 44.2 Å². The molecule has 0 saturated carbocycles. The predicted molar refractivity (Wildman–Crippen MR) is 254 cm³/mol. The molecule has 0 aliphatic carbocycles. The first-order valence-corrected chi connectivity index (χ1v) is 21.0. The molecule has 2 atom stereocenters. The summed E-state index contributed by atoms with van der Waals surface area (Å²) in [5.74, 6) is 0.969. The maximum absolute atomic E-state index is 5.56. The van der Waals surface area contributed by atoms with Crippen LogP contribution in [0.5, 0.6) is 0 Å². The van der Waals surface area contributed by atoms with Crippen molar-refractivity contribution in [1.82, 2.24) is 9.13 Å². The second-order valence-corrected chi connectivity index (χ2v) is 15.9. The molecule has 61 heavy (non-hydrogen) atoms. The molecule has 1 aliphatic heterocycles. The molecule has 9 aromatic carbocycles. The number of para-hydroxylation sites is 4. The molecule has 0 radical (unpaired) electrons. The van der Waals surface area contributed by atoms with E-state index in [9.17, 15) is 0 Å². The zero-order valence-corrected chi connectivity index (χ0v) is 33.4. The summed E-state index contributed by atoms with van der Waals surface area (Å²) in [4.78, 5) is 7.99. The summed E-state index contributed by atoms with van der Waals surface area (Å²) in [6.45, 7) is 0. The number of hydrogen-bond acceptors (Lipinski definition) is 2. The van der Waals surface area contributed by atoms with E-state index in [0.29, 0.717) is 0 Å². The zero-order chi connectivity index (χ0) is 40.3. The molecule has 4 heteroatoms. The topological polar surface area (TPSA) is 25.5 Å². The van der Waals surface area contributed by atoms with Crippen molar-refractivity contribution in [1.29, 1.82) is 0 Å². The van der Waals surface area contributed by atoms with Crippen LogP contribution in [-0.4, -0.2) is 15.0 Å².